The maximum absolute atomic E-state index is 9.48. The molecular formula is C8H12O3. The first-order valence-electron chi connectivity index (χ1n) is 3.57. The van der Waals surface area contributed by atoms with E-state index in [2.05, 4.69) is 5.92 Å². The van der Waals surface area contributed by atoms with Gasteiger partial charge in [0, 0.05) is 5.92 Å². The average Bonchev–Trinajstić information content (AvgIpc) is 2.32. The molecule has 3 unspecified atom stereocenters. The van der Waals surface area contributed by atoms with Crippen molar-refractivity contribution < 1.29 is 14.9 Å². The van der Waals surface area contributed by atoms with Gasteiger partial charge in [0.05, 0.1) is 13.2 Å². The molecule has 0 radical (unpaired) electrons. The molecule has 1 aliphatic heterocycles. The zero-order valence-corrected chi connectivity index (χ0v) is 6.45. The van der Waals surface area contributed by atoms with E-state index >= 15 is 0 Å². The molecule has 1 saturated heterocycles. The Morgan fingerprint density at radius 1 is 1.82 bits per heavy atom. The number of aliphatic hydroxyl groups excluding tert-OH is 2. The lowest BCUT2D eigenvalue weighted by Gasteiger charge is -2.23. The highest BCUT2D eigenvalue weighted by Crippen LogP contribution is 2.29. The van der Waals surface area contributed by atoms with Gasteiger partial charge in [-0.3, -0.25) is 0 Å². The topological polar surface area (TPSA) is 49.7 Å². The second-order valence-electron chi connectivity index (χ2n) is 2.93. The first-order valence-corrected chi connectivity index (χ1v) is 3.57. The number of aliphatic hydroxyl groups is 2. The first kappa shape index (κ1) is 8.54. The summed E-state index contributed by atoms with van der Waals surface area (Å²) in [4.78, 5) is 0. The maximum atomic E-state index is 9.48. The lowest BCUT2D eigenvalue weighted by molar-refractivity contribution is -0.0495. The molecule has 0 aromatic rings. The third-order valence-corrected chi connectivity index (χ3v) is 2.10. The molecule has 0 aliphatic carbocycles. The van der Waals surface area contributed by atoms with Gasteiger partial charge in [0.25, 0.3) is 0 Å². The fourth-order valence-electron chi connectivity index (χ4n) is 1.23. The van der Waals surface area contributed by atoms with Crippen molar-refractivity contribution >= 4 is 0 Å². The van der Waals surface area contributed by atoms with E-state index in [1.165, 1.54) is 0 Å². The van der Waals surface area contributed by atoms with Crippen LogP contribution in [0, 0.1) is 18.3 Å². The molecular weight excluding hydrogens is 144 g/mol. The van der Waals surface area contributed by atoms with Gasteiger partial charge in [-0.05, 0) is 0 Å². The van der Waals surface area contributed by atoms with Gasteiger partial charge in [0.2, 0.25) is 0 Å². The Morgan fingerprint density at radius 3 is 2.64 bits per heavy atom. The van der Waals surface area contributed by atoms with E-state index in [1.807, 2.05) is 6.92 Å². The molecule has 11 heavy (non-hydrogen) atoms. The van der Waals surface area contributed by atoms with Crippen LogP contribution in [0.1, 0.15) is 6.92 Å². The highest BCUT2D eigenvalue weighted by Gasteiger charge is 2.45. The summed E-state index contributed by atoms with van der Waals surface area (Å²) in [6, 6.07) is 0. The van der Waals surface area contributed by atoms with E-state index in [-0.39, 0.29) is 12.5 Å². The molecule has 0 amide bonds. The fraction of sp³-hybridized carbons (Fsp3) is 0.750. The number of hydrogen-bond donors (Lipinski definition) is 2. The molecule has 1 heterocycles. The maximum Gasteiger partial charge on any atom is 0.177 e. The van der Waals surface area contributed by atoms with Crippen molar-refractivity contribution in [3.8, 4) is 12.3 Å². The van der Waals surface area contributed by atoms with Crippen molar-refractivity contribution in [3.05, 3.63) is 0 Å². The van der Waals surface area contributed by atoms with Crippen LogP contribution in [0.5, 0.6) is 0 Å². The second kappa shape index (κ2) is 2.82. The van der Waals surface area contributed by atoms with Crippen molar-refractivity contribution in [2.45, 2.75) is 18.6 Å². The van der Waals surface area contributed by atoms with Crippen LogP contribution >= 0.6 is 0 Å². The van der Waals surface area contributed by atoms with E-state index in [9.17, 15) is 5.11 Å². The van der Waals surface area contributed by atoms with Gasteiger partial charge < -0.3 is 14.9 Å². The summed E-state index contributed by atoms with van der Waals surface area (Å²) < 4.78 is 5.13. The van der Waals surface area contributed by atoms with E-state index < -0.39 is 11.7 Å². The Morgan fingerprint density at radius 2 is 2.45 bits per heavy atom. The van der Waals surface area contributed by atoms with Crippen LogP contribution < -0.4 is 0 Å². The summed E-state index contributed by atoms with van der Waals surface area (Å²) >= 11 is 0. The van der Waals surface area contributed by atoms with Crippen molar-refractivity contribution in [1.29, 1.82) is 0 Å². The molecule has 0 saturated carbocycles. The molecule has 0 aromatic heterocycles. The summed E-state index contributed by atoms with van der Waals surface area (Å²) in [7, 11) is 0. The summed E-state index contributed by atoms with van der Waals surface area (Å²) in [6.45, 7) is 1.92. The number of hydrogen-bond acceptors (Lipinski definition) is 3. The number of rotatable bonds is 1. The molecule has 1 fully saturated rings. The third-order valence-electron chi connectivity index (χ3n) is 2.10. The smallest absolute Gasteiger partial charge is 0.177 e. The Balaban J connectivity index is 2.80. The Hall–Kier alpha value is -0.560. The minimum absolute atomic E-state index is 0.00167. The van der Waals surface area contributed by atoms with Crippen LogP contribution in [-0.4, -0.2) is 35.1 Å². The molecule has 1 rings (SSSR count). The fourth-order valence-corrected chi connectivity index (χ4v) is 1.23. The SMILES string of the molecule is C#CC1(CO)OCC(C)C1O. The zero-order valence-electron chi connectivity index (χ0n) is 6.45. The zero-order chi connectivity index (χ0) is 8.48. The van der Waals surface area contributed by atoms with Gasteiger partial charge >= 0.3 is 0 Å². The Bertz CT molecular complexity index is 184. The third kappa shape index (κ3) is 1.14. The lowest BCUT2D eigenvalue weighted by Crippen LogP contribution is -2.43. The first-order chi connectivity index (χ1) is 5.16. The largest absolute Gasteiger partial charge is 0.392 e. The summed E-state index contributed by atoms with van der Waals surface area (Å²) in [5, 5.41) is 18.4. The van der Waals surface area contributed by atoms with E-state index in [1.54, 1.807) is 0 Å². The molecule has 0 spiro atoms. The van der Waals surface area contributed by atoms with E-state index in [4.69, 9.17) is 16.3 Å². The van der Waals surface area contributed by atoms with Crippen LogP contribution in [0.3, 0.4) is 0 Å². The molecule has 2 N–H and O–H groups in total. The van der Waals surface area contributed by atoms with Gasteiger partial charge in [-0.15, -0.1) is 6.42 Å². The van der Waals surface area contributed by atoms with Gasteiger partial charge in [0.1, 0.15) is 6.10 Å². The molecule has 3 nitrogen and oxygen atoms in total. The van der Waals surface area contributed by atoms with Gasteiger partial charge in [-0.2, -0.15) is 0 Å². The van der Waals surface area contributed by atoms with E-state index in [0.29, 0.717) is 6.61 Å². The van der Waals surface area contributed by atoms with Crippen molar-refractivity contribution in [1.82, 2.24) is 0 Å². The predicted molar refractivity (Wildman–Crippen MR) is 39.8 cm³/mol. The highest BCUT2D eigenvalue weighted by molar-refractivity contribution is 5.16. The lowest BCUT2D eigenvalue weighted by atomic mass is 9.93. The van der Waals surface area contributed by atoms with Gasteiger partial charge in [-0.25, -0.2) is 0 Å². The van der Waals surface area contributed by atoms with Crippen molar-refractivity contribution in [2.24, 2.45) is 5.92 Å². The Kier molecular flexibility index (Phi) is 2.19. The van der Waals surface area contributed by atoms with Crippen molar-refractivity contribution in [2.75, 3.05) is 13.2 Å². The summed E-state index contributed by atoms with van der Waals surface area (Å²) in [5.41, 5.74) is -1.15. The molecule has 0 aromatic carbocycles. The number of terminal acetylenes is 1. The minimum atomic E-state index is -1.15. The van der Waals surface area contributed by atoms with E-state index in [0.717, 1.165) is 0 Å². The van der Waals surface area contributed by atoms with Crippen LogP contribution in [0.2, 0.25) is 0 Å². The molecule has 1 aliphatic rings. The quantitative estimate of drug-likeness (QED) is 0.497. The minimum Gasteiger partial charge on any atom is -0.392 e. The molecule has 0 bridgehead atoms. The summed E-state index contributed by atoms with van der Waals surface area (Å²) in [5.74, 6) is 2.28. The summed E-state index contributed by atoms with van der Waals surface area (Å²) in [6.07, 6.45) is 4.38. The molecule has 3 heteroatoms. The standard InChI is InChI=1S/C8H12O3/c1-3-8(5-9)7(10)6(2)4-11-8/h1,6-7,9-10H,4-5H2,2H3. The monoisotopic (exact) mass is 156 g/mol. The second-order valence-corrected chi connectivity index (χ2v) is 2.93. The van der Waals surface area contributed by atoms with Crippen LogP contribution in [0.4, 0.5) is 0 Å². The van der Waals surface area contributed by atoms with Gasteiger partial charge in [0.15, 0.2) is 5.60 Å². The van der Waals surface area contributed by atoms with Crippen LogP contribution in [0.25, 0.3) is 0 Å². The normalized spacial score (nSPS) is 43.8. The van der Waals surface area contributed by atoms with Crippen molar-refractivity contribution in [3.63, 3.8) is 0 Å². The average molecular weight is 156 g/mol. The molecule has 62 valence electrons. The number of ether oxygens (including phenoxy) is 1. The molecule has 3 atom stereocenters. The van der Waals surface area contributed by atoms with Gasteiger partial charge in [-0.1, -0.05) is 12.8 Å². The predicted octanol–water partition coefficient (Wildman–Crippen LogP) is -0.622. The Labute approximate surface area is 66.0 Å². The highest BCUT2D eigenvalue weighted by atomic mass is 16.5. The van der Waals surface area contributed by atoms with Crippen LogP contribution in [0.15, 0.2) is 0 Å². The van der Waals surface area contributed by atoms with Crippen LogP contribution in [-0.2, 0) is 4.74 Å².